The summed E-state index contributed by atoms with van der Waals surface area (Å²) in [5.74, 6) is 4.57. The number of benzene rings is 2. The standard InChI is InChI=1S/C38H61N2O2P.C16H34N2P.C9H21O3PS.C5H9O2.C3H7.3Ni/c1-24(2)29-19-17-20-30(25(3)4)34(29)39-33(23-43(37(10,11)12)38(13,14)15)40-35-31(26(5)6)21-18-22-32(35)28(9)42-36(41-16)27(7)8;1-12(2)17-14(18-13(3)4)11-19(15(5,6)7)16(8,9)10;1-8(2,3)13(9(4,5)6)7-14(10,11)12;1-4(2)5(6)7-3;1-3-2;;;/h17-22,24-26,28,36H,23H2,1-16H3;12-13H,11H2,1-10H3;7H2,1-6H3,(H,10,11,12);1-3H3;3H,1-2H3;;;/q-2;-1;;2*-1;;2*+2/p+3. The number of methoxy groups -OCH3 is 2. The molecule has 1 N–H and O–H groups in total. The predicted molar refractivity (Wildman–Crippen MR) is 393 cm³/mol. The van der Waals surface area contributed by atoms with Crippen molar-refractivity contribution < 1.29 is 81.4 Å². The molecule has 0 aliphatic heterocycles. The minimum Gasteiger partial charge on any atom is -0.491 e. The summed E-state index contributed by atoms with van der Waals surface area (Å²) in [6.07, 6.45) is 3.38. The quantitative estimate of drug-likeness (QED) is 0.0215. The van der Waals surface area contributed by atoms with E-state index in [0.717, 1.165) is 46.9 Å². The zero-order valence-corrected chi connectivity index (χ0v) is 70.0. The van der Waals surface area contributed by atoms with Gasteiger partial charge < -0.3 is 41.2 Å². The van der Waals surface area contributed by atoms with Crippen LogP contribution in [-0.2, 0) is 78.6 Å². The fourth-order valence-corrected chi connectivity index (χ4v) is 25.3. The fraction of sp³-hybridized carbons (Fsp3) is 0.746. The third-order valence-corrected chi connectivity index (χ3v) is 28.6. The molecule has 0 aliphatic carbocycles. The Bertz CT molecular complexity index is 2360. The van der Waals surface area contributed by atoms with E-state index in [1.807, 2.05) is 75.7 Å². The van der Waals surface area contributed by atoms with Gasteiger partial charge in [0.25, 0.3) is 10.1 Å². The first-order valence-corrected chi connectivity index (χ1v) is 38.3. The molecule has 0 aromatic heterocycles. The van der Waals surface area contributed by atoms with E-state index in [2.05, 4.69) is 200 Å². The van der Waals surface area contributed by atoms with E-state index in [1.54, 1.807) is 21.0 Å². The number of carbonyl (C=O) groups is 1. The number of esters is 1. The molecule has 530 valence electrons. The Balaban J connectivity index is -0.000000308. The van der Waals surface area contributed by atoms with Gasteiger partial charge in [-0.05, 0) is 201 Å². The number of hydrogen-bond donors (Lipinski definition) is 1. The molecule has 0 heterocycles. The number of para-hydroxylation sites is 2. The Morgan fingerprint density at radius 3 is 1.18 bits per heavy atom. The molecule has 0 fully saturated rings. The van der Waals surface area contributed by atoms with E-state index in [0.29, 0.717) is 46.1 Å². The first-order chi connectivity index (χ1) is 38.6. The Labute approximate surface area is 585 Å². The van der Waals surface area contributed by atoms with Gasteiger partial charge in [0, 0.05) is 53.7 Å². The van der Waals surface area contributed by atoms with Crippen LogP contribution in [0.4, 0.5) is 11.4 Å². The molecule has 0 spiro atoms. The third-order valence-electron chi connectivity index (χ3n) is 13.8. The molecule has 2 rings (SSSR count). The van der Waals surface area contributed by atoms with Crippen LogP contribution in [0, 0.1) is 18.3 Å². The number of ether oxygens (including phenoxy) is 3. The van der Waals surface area contributed by atoms with Crippen LogP contribution in [0.2, 0.25) is 0 Å². The van der Waals surface area contributed by atoms with Gasteiger partial charge in [-0.1, -0.05) is 111 Å². The van der Waals surface area contributed by atoms with E-state index in [-0.39, 0.29) is 94.0 Å². The second-order valence-electron chi connectivity index (χ2n) is 31.0. The van der Waals surface area contributed by atoms with Crippen LogP contribution in [0.25, 0.3) is 10.6 Å². The number of amidine groups is 2. The maximum Gasteiger partial charge on any atom is 2.00 e. The number of aliphatic imine (C=N–C) groups is 2. The van der Waals surface area contributed by atoms with Crippen molar-refractivity contribution in [3.8, 4) is 0 Å². The number of nitrogens with zero attached hydrogens (tertiary/aromatic N) is 4. The monoisotopic (exact) mass is 1450 g/mol. The van der Waals surface area contributed by atoms with Crippen LogP contribution in [0.5, 0.6) is 0 Å². The van der Waals surface area contributed by atoms with Crippen LogP contribution < -0.4 is 0 Å². The molecule has 2 unspecified atom stereocenters. The molecule has 0 saturated carbocycles. The Morgan fingerprint density at radius 2 is 0.933 bits per heavy atom. The second kappa shape index (κ2) is 44.2. The number of carbonyl (C=O) groups excluding carboxylic acids is 1. The Kier molecular flexibility index (Phi) is 49.4. The molecular formula is C71H135N4Ni3O7P3S+2. The van der Waals surface area contributed by atoms with E-state index in [9.17, 15) is 13.2 Å². The van der Waals surface area contributed by atoms with Gasteiger partial charge in [-0.3, -0.25) is 21.2 Å². The summed E-state index contributed by atoms with van der Waals surface area (Å²) >= 11 is 0. The molecule has 0 saturated heterocycles. The van der Waals surface area contributed by atoms with Crippen molar-refractivity contribution in [3.63, 3.8) is 0 Å². The van der Waals surface area contributed by atoms with E-state index in [4.69, 9.17) is 34.6 Å². The van der Waals surface area contributed by atoms with Gasteiger partial charge in [0.2, 0.25) is 0 Å². The van der Waals surface area contributed by atoms with Gasteiger partial charge in [-0.15, -0.1) is 0 Å². The Morgan fingerprint density at radius 1 is 0.596 bits per heavy atom. The van der Waals surface area contributed by atoms with Gasteiger partial charge in [0.15, 0.2) is 11.5 Å². The normalized spacial score (nSPS) is 13.5. The molecule has 0 aliphatic rings. The first-order valence-electron chi connectivity index (χ1n) is 31.5. The van der Waals surface area contributed by atoms with Crippen LogP contribution in [0.15, 0.2) is 46.4 Å². The van der Waals surface area contributed by atoms with Gasteiger partial charge >= 0.3 is 33.0 Å². The number of hydrogen-bond acceptors (Lipinski definition) is 8. The van der Waals surface area contributed by atoms with E-state index in [1.165, 1.54) is 23.8 Å². The van der Waals surface area contributed by atoms with E-state index >= 15 is 0 Å². The summed E-state index contributed by atoms with van der Waals surface area (Å²) in [5, 5.41) is 11.4. The SMILES string of the molecule is CC(C)(C)[PH+](CS(=O)(=O)O)C(C)(C)C.CC(C)N=C(C[PH+](C(C)(C)C)C(C)(C)C)[N-]C(C)C.COC(=O)[C-](C)C.COC(OC(C)c1cccc(C(C)C)c1[N-]C(C[PH+](C(C)(C)C)C(C)(C)C)=Nc1c(C(C)C)cccc1C(C)C)[C-](C)C.C[CH-]C.[Ni+2].[Ni+2].[Ni]. The molecule has 0 radical (unpaired) electrons. The van der Waals surface area contributed by atoms with Crippen LogP contribution in [0.1, 0.15) is 288 Å². The topological polar surface area (TPSA) is 152 Å². The van der Waals surface area contributed by atoms with Crippen molar-refractivity contribution in [1.29, 1.82) is 0 Å². The van der Waals surface area contributed by atoms with Gasteiger partial charge in [0.05, 0.1) is 56.5 Å². The number of rotatable bonds is 19. The molecule has 0 bridgehead atoms. The Hall–Kier alpha value is -0.679. The summed E-state index contributed by atoms with van der Waals surface area (Å²) in [5.41, 5.74) is 6.88. The third kappa shape index (κ3) is 41.1. The molecule has 0 amide bonds. The van der Waals surface area contributed by atoms with Gasteiger partial charge in [-0.25, -0.2) is 0 Å². The minimum atomic E-state index is -3.84. The molecule has 89 heavy (non-hydrogen) atoms. The fourth-order valence-electron chi connectivity index (χ4n) is 10.5. The smallest absolute Gasteiger partial charge is 0.491 e. The zero-order valence-electron chi connectivity index (χ0n) is 63.2. The maximum atomic E-state index is 10.9. The van der Waals surface area contributed by atoms with Crippen molar-refractivity contribution in [2.24, 2.45) is 9.98 Å². The predicted octanol–water partition coefficient (Wildman–Crippen LogP) is 22.3. The molecule has 2 atom stereocenters. The summed E-state index contributed by atoms with van der Waals surface area (Å²) < 4.78 is 47.2. The van der Waals surface area contributed by atoms with Gasteiger partial charge in [0.1, 0.15) is 0 Å². The zero-order chi connectivity index (χ0) is 68.6. The van der Waals surface area contributed by atoms with Crippen molar-refractivity contribution in [3.05, 3.63) is 87.5 Å². The van der Waals surface area contributed by atoms with Crippen LogP contribution in [0.3, 0.4) is 0 Å². The summed E-state index contributed by atoms with van der Waals surface area (Å²) in [7, 11) is -3.49. The average Bonchev–Trinajstić information content (AvgIpc) is 3.30. The van der Waals surface area contributed by atoms with E-state index < -0.39 is 33.9 Å². The molecule has 2 aromatic rings. The van der Waals surface area contributed by atoms with Gasteiger partial charge in [-0.2, -0.15) is 50.0 Å². The van der Waals surface area contributed by atoms with Crippen molar-refractivity contribution in [2.75, 3.05) is 32.0 Å². The summed E-state index contributed by atoms with van der Waals surface area (Å²) in [4.78, 5) is 20.6. The molecule has 2 aromatic carbocycles. The van der Waals surface area contributed by atoms with Crippen molar-refractivity contribution >= 4 is 62.9 Å². The molecule has 18 heteroatoms. The van der Waals surface area contributed by atoms with Crippen LogP contribution >= 0.6 is 23.8 Å². The molecule has 11 nitrogen and oxygen atoms in total. The molecular weight excluding hydrogens is 1320 g/mol. The average molecular weight is 1460 g/mol. The second-order valence-corrected chi connectivity index (χ2v) is 45.9. The minimum absolute atomic E-state index is 0. The largest absolute Gasteiger partial charge is 2.00 e. The maximum absolute atomic E-state index is 10.9. The van der Waals surface area contributed by atoms with Crippen molar-refractivity contribution in [1.82, 2.24) is 0 Å². The van der Waals surface area contributed by atoms with Crippen molar-refractivity contribution in [2.45, 2.75) is 315 Å². The van der Waals surface area contributed by atoms with Crippen LogP contribution in [-0.4, -0.2) is 112 Å². The summed E-state index contributed by atoms with van der Waals surface area (Å²) in [6.45, 7) is 76.5. The first kappa shape index (κ1) is 99.4. The summed E-state index contributed by atoms with van der Waals surface area (Å²) in [6, 6.07) is 13.8.